The predicted molar refractivity (Wildman–Crippen MR) is 79.2 cm³/mol. The summed E-state index contributed by atoms with van der Waals surface area (Å²) in [6.45, 7) is 4.59. The van der Waals surface area contributed by atoms with Crippen LogP contribution < -0.4 is 20.1 Å². The Kier molecular flexibility index (Phi) is 4.01. The van der Waals surface area contributed by atoms with Crippen molar-refractivity contribution in [3.63, 3.8) is 0 Å². The van der Waals surface area contributed by atoms with Crippen LogP contribution in [0.5, 0.6) is 11.5 Å². The molecule has 0 spiro atoms. The highest BCUT2D eigenvalue weighted by Gasteiger charge is 2.37. The van der Waals surface area contributed by atoms with E-state index in [1.807, 2.05) is 18.2 Å². The average molecular weight is 290 g/mol. The summed E-state index contributed by atoms with van der Waals surface area (Å²) in [4.78, 5) is 12.6. The summed E-state index contributed by atoms with van der Waals surface area (Å²) in [5.74, 6) is 1.64. The molecule has 1 unspecified atom stereocenters. The molecule has 114 valence electrons. The summed E-state index contributed by atoms with van der Waals surface area (Å²) in [5.41, 5.74) is 0.696. The van der Waals surface area contributed by atoms with E-state index in [2.05, 4.69) is 17.6 Å². The van der Waals surface area contributed by atoms with Crippen LogP contribution in [0.15, 0.2) is 18.2 Å². The van der Waals surface area contributed by atoms with Gasteiger partial charge in [0, 0.05) is 18.7 Å². The normalized spacial score (nSPS) is 23.9. The Hall–Kier alpha value is -1.75. The Labute approximate surface area is 125 Å². The zero-order chi connectivity index (χ0) is 14.7. The summed E-state index contributed by atoms with van der Waals surface area (Å²) in [7, 11) is 0. The van der Waals surface area contributed by atoms with Crippen LogP contribution in [-0.2, 0) is 11.3 Å². The van der Waals surface area contributed by atoms with Crippen LogP contribution in [0.25, 0.3) is 0 Å². The van der Waals surface area contributed by atoms with Crippen molar-refractivity contribution in [2.45, 2.75) is 32.7 Å². The standard InChI is InChI=1S/C16H22N2O3/c1-2-16(7-4-8-17-10-16)15(19)18-9-12-5-3-6-13-14(12)21-11-20-13/h3,5-6,17H,2,4,7-11H2,1H3,(H,18,19). The Morgan fingerprint density at radius 2 is 2.33 bits per heavy atom. The van der Waals surface area contributed by atoms with E-state index in [9.17, 15) is 4.79 Å². The predicted octanol–water partition coefficient (Wildman–Crippen LogP) is 1.81. The van der Waals surface area contributed by atoms with Gasteiger partial charge in [-0.05, 0) is 31.9 Å². The van der Waals surface area contributed by atoms with Crippen LogP contribution in [0.4, 0.5) is 0 Å². The fourth-order valence-electron chi connectivity index (χ4n) is 3.12. The molecule has 0 aromatic heterocycles. The lowest BCUT2D eigenvalue weighted by molar-refractivity contribution is -0.132. The fraction of sp³-hybridized carbons (Fsp3) is 0.562. The molecule has 0 saturated carbocycles. The van der Waals surface area contributed by atoms with Crippen molar-refractivity contribution in [3.8, 4) is 11.5 Å². The minimum Gasteiger partial charge on any atom is -0.454 e. The monoisotopic (exact) mass is 290 g/mol. The van der Waals surface area contributed by atoms with Crippen molar-refractivity contribution in [3.05, 3.63) is 23.8 Å². The SMILES string of the molecule is CCC1(C(=O)NCc2cccc3c2OCO3)CCCNC1. The second-order valence-electron chi connectivity index (χ2n) is 5.75. The van der Waals surface area contributed by atoms with Crippen molar-refractivity contribution in [2.24, 2.45) is 5.41 Å². The van der Waals surface area contributed by atoms with E-state index in [4.69, 9.17) is 9.47 Å². The van der Waals surface area contributed by atoms with Gasteiger partial charge in [-0.25, -0.2) is 0 Å². The highest BCUT2D eigenvalue weighted by molar-refractivity contribution is 5.83. The Morgan fingerprint density at radius 1 is 1.43 bits per heavy atom. The van der Waals surface area contributed by atoms with E-state index in [1.165, 1.54) is 0 Å². The minimum absolute atomic E-state index is 0.133. The van der Waals surface area contributed by atoms with Crippen LogP contribution in [-0.4, -0.2) is 25.8 Å². The van der Waals surface area contributed by atoms with Crippen molar-refractivity contribution in [2.75, 3.05) is 19.9 Å². The second kappa shape index (κ2) is 5.93. The van der Waals surface area contributed by atoms with Gasteiger partial charge in [0.25, 0.3) is 0 Å². The van der Waals surface area contributed by atoms with Gasteiger partial charge in [0.2, 0.25) is 12.7 Å². The number of carbonyl (C=O) groups excluding carboxylic acids is 1. The van der Waals surface area contributed by atoms with Gasteiger partial charge in [-0.2, -0.15) is 0 Å². The maximum atomic E-state index is 12.6. The lowest BCUT2D eigenvalue weighted by Crippen LogP contribution is -2.50. The third kappa shape index (κ3) is 2.70. The third-order valence-corrected chi connectivity index (χ3v) is 4.55. The van der Waals surface area contributed by atoms with E-state index in [-0.39, 0.29) is 18.1 Å². The van der Waals surface area contributed by atoms with Gasteiger partial charge >= 0.3 is 0 Å². The van der Waals surface area contributed by atoms with E-state index in [0.29, 0.717) is 6.54 Å². The molecule has 2 aliphatic rings. The lowest BCUT2D eigenvalue weighted by Gasteiger charge is -2.35. The number of carbonyl (C=O) groups is 1. The van der Waals surface area contributed by atoms with Gasteiger partial charge in [-0.3, -0.25) is 4.79 Å². The molecule has 0 radical (unpaired) electrons. The Morgan fingerprint density at radius 3 is 3.10 bits per heavy atom. The first kappa shape index (κ1) is 14.2. The highest BCUT2D eigenvalue weighted by atomic mass is 16.7. The van der Waals surface area contributed by atoms with Crippen LogP contribution in [0, 0.1) is 5.41 Å². The molecule has 1 fully saturated rings. The summed E-state index contributed by atoms with van der Waals surface area (Å²) < 4.78 is 10.8. The summed E-state index contributed by atoms with van der Waals surface area (Å²) >= 11 is 0. The fourth-order valence-corrected chi connectivity index (χ4v) is 3.12. The number of ether oxygens (including phenoxy) is 2. The summed E-state index contributed by atoms with van der Waals surface area (Å²) in [6, 6.07) is 5.77. The van der Waals surface area contributed by atoms with E-state index >= 15 is 0 Å². The number of hydrogen-bond acceptors (Lipinski definition) is 4. The quantitative estimate of drug-likeness (QED) is 0.888. The zero-order valence-electron chi connectivity index (χ0n) is 12.4. The van der Waals surface area contributed by atoms with Gasteiger partial charge in [-0.1, -0.05) is 19.1 Å². The number of fused-ring (bicyclic) bond motifs is 1. The number of nitrogens with one attached hydrogen (secondary N) is 2. The summed E-state index contributed by atoms with van der Waals surface area (Å²) in [6.07, 6.45) is 2.87. The largest absolute Gasteiger partial charge is 0.454 e. The molecule has 1 aromatic carbocycles. The summed E-state index contributed by atoms with van der Waals surface area (Å²) in [5, 5.41) is 6.42. The molecule has 1 amide bonds. The molecule has 0 aliphatic carbocycles. The van der Waals surface area contributed by atoms with Gasteiger partial charge in [0.15, 0.2) is 11.5 Å². The first-order valence-electron chi connectivity index (χ1n) is 7.62. The van der Waals surface area contributed by atoms with Crippen molar-refractivity contribution < 1.29 is 14.3 Å². The van der Waals surface area contributed by atoms with Gasteiger partial charge < -0.3 is 20.1 Å². The highest BCUT2D eigenvalue weighted by Crippen LogP contribution is 2.35. The van der Waals surface area contributed by atoms with Gasteiger partial charge in [0.05, 0.1) is 5.41 Å². The Balaban J connectivity index is 1.67. The molecule has 1 saturated heterocycles. The smallest absolute Gasteiger partial charge is 0.231 e. The molecule has 0 bridgehead atoms. The van der Waals surface area contributed by atoms with Crippen LogP contribution in [0.3, 0.4) is 0 Å². The molecule has 5 heteroatoms. The third-order valence-electron chi connectivity index (χ3n) is 4.55. The van der Waals surface area contributed by atoms with E-state index in [1.54, 1.807) is 0 Å². The van der Waals surface area contributed by atoms with Crippen molar-refractivity contribution in [1.82, 2.24) is 10.6 Å². The van der Waals surface area contributed by atoms with Gasteiger partial charge in [0.1, 0.15) is 0 Å². The Bertz CT molecular complexity index is 524. The topological polar surface area (TPSA) is 59.6 Å². The number of para-hydroxylation sites is 1. The zero-order valence-corrected chi connectivity index (χ0v) is 12.4. The van der Waals surface area contributed by atoms with Crippen LogP contribution in [0.2, 0.25) is 0 Å². The number of benzene rings is 1. The molecule has 2 N–H and O–H groups in total. The molecule has 5 nitrogen and oxygen atoms in total. The number of rotatable bonds is 4. The molecular weight excluding hydrogens is 268 g/mol. The number of amides is 1. The van der Waals surface area contributed by atoms with Gasteiger partial charge in [-0.15, -0.1) is 0 Å². The molecule has 21 heavy (non-hydrogen) atoms. The molecule has 2 aliphatic heterocycles. The molecule has 1 aromatic rings. The van der Waals surface area contributed by atoms with Crippen molar-refractivity contribution in [1.29, 1.82) is 0 Å². The molecular formula is C16H22N2O3. The number of hydrogen-bond donors (Lipinski definition) is 2. The lowest BCUT2D eigenvalue weighted by atomic mass is 9.77. The van der Waals surface area contributed by atoms with E-state index < -0.39 is 0 Å². The van der Waals surface area contributed by atoms with Crippen molar-refractivity contribution >= 4 is 5.91 Å². The van der Waals surface area contributed by atoms with Crippen LogP contribution in [0.1, 0.15) is 31.7 Å². The first-order chi connectivity index (χ1) is 10.2. The molecule has 3 rings (SSSR count). The molecule has 1 atom stereocenters. The maximum absolute atomic E-state index is 12.6. The second-order valence-corrected chi connectivity index (χ2v) is 5.75. The minimum atomic E-state index is -0.270. The van der Waals surface area contributed by atoms with Crippen LogP contribution >= 0.6 is 0 Å². The van der Waals surface area contributed by atoms with E-state index in [0.717, 1.165) is 49.4 Å². The maximum Gasteiger partial charge on any atom is 0.231 e. The number of piperidine rings is 1. The first-order valence-corrected chi connectivity index (χ1v) is 7.62. The average Bonchev–Trinajstić information content (AvgIpc) is 3.02. The molecule has 2 heterocycles.